The summed E-state index contributed by atoms with van der Waals surface area (Å²) in [5.74, 6) is -0.497. The molecule has 0 aromatic heterocycles. The molecule has 0 spiro atoms. The van der Waals surface area contributed by atoms with Gasteiger partial charge in [-0.2, -0.15) is 5.26 Å². The summed E-state index contributed by atoms with van der Waals surface area (Å²) in [6.07, 6.45) is 5.45. The predicted molar refractivity (Wildman–Crippen MR) is 47.7 cm³/mol. The number of hydrogen-bond acceptors (Lipinski definition) is 3. The van der Waals surface area contributed by atoms with Gasteiger partial charge in [0, 0.05) is 18.9 Å². The van der Waals surface area contributed by atoms with Crippen molar-refractivity contribution in [3.05, 3.63) is 12.7 Å². The molecule has 0 saturated heterocycles. The Morgan fingerprint density at radius 1 is 1.46 bits per heavy atom. The third-order valence-electron chi connectivity index (χ3n) is 2.33. The van der Waals surface area contributed by atoms with E-state index in [9.17, 15) is 4.79 Å². The molecule has 0 N–H and O–H groups in total. The van der Waals surface area contributed by atoms with Crippen LogP contribution in [-0.2, 0) is 9.53 Å². The standard InChI is InChI=1S/C10H13NO2/c1-2-9(12)13-10(8-11)6-4-3-5-7-10/h2H,1,3-7H2. The van der Waals surface area contributed by atoms with Crippen LogP contribution in [-0.4, -0.2) is 11.6 Å². The lowest BCUT2D eigenvalue weighted by Crippen LogP contribution is -2.35. The molecule has 0 atom stereocenters. The van der Waals surface area contributed by atoms with Crippen molar-refractivity contribution in [2.75, 3.05) is 0 Å². The molecule has 0 unspecified atom stereocenters. The second kappa shape index (κ2) is 4.08. The Kier molecular flexibility index (Phi) is 3.07. The highest BCUT2D eigenvalue weighted by Gasteiger charge is 2.35. The molecule has 0 bridgehead atoms. The third-order valence-corrected chi connectivity index (χ3v) is 2.33. The molecule has 0 radical (unpaired) electrons. The number of nitrogens with zero attached hydrogens (tertiary/aromatic N) is 1. The average molecular weight is 179 g/mol. The first-order chi connectivity index (χ1) is 6.22. The van der Waals surface area contributed by atoms with Gasteiger partial charge in [-0.3, -0.25) is 0 Å². The Morgan fingerprint density at radius 3 is 2.54 bits per heavy atom. The minimum atomic E-state index is -0.872. The molecule has 3 heteroatoms. The average Bonchev–Trinajstić information content (AvgIpc) is 2.19. The second-order valence-corrected chi connectivity index (χ2v) is 3.29. The van der Waals surface area contributed by atoms with Crippen LogP contribution in [0.4, 0.5) is 0 Å². The number of ether oxygens (including phenoxy) is 1. The van der Waals surface area contributed by atoms with Crippen molar-refractivity contribution in [3.63, 3.8) is 0 Å². The molecule has 1 fully saturated rings. The van der Waals surface area contributed by atoms with E-state index in [-0.39, 0.29) is 0 Å². The molecule has 0 amide bonds. The number of carbonyl (C=O) groups is 1. The Bertz CT molecular complexity index is 246. The van der Waals surface area contributed by atoms with Crippen LogP contribution >= 0.6 is 0 Å². The molecule has 1 rings (SSSR count). The van der Waals surface area contributed by atoms with Crippen LogP contribution in [0.2, 0.25) is 0 Å². The predicted octanol–water partition coefficient (Wildman–Crippen LogP) is 1.94. The molecule has 1 aliphatic rings. The Labute approximate surface area is 78.0 Å². The van der Waals surface area contributed by atoms with Gasteiger partial charge in [0.15, 0.2) is 5.60 Å². The van der Waals surface area contributed by atoms with Gasteiger partial charge in [-0.15, -0.1) is 0 Å². The van der Waals surface area contributed by atoms with E-state index >= 15 is 0 Å². The highest BCUT2D eigenvalue weighted by molar-refractivity contribution is 5.81. The SMILES string of the molecule is C=CC(=O)OC1(C#N)CCCCC1. The van der Waals surface area contributed by atoms with Crippen LogP contribution in [0.5, 0.6) is 0 Å². The third kappa shape index (κ3) is 2.32. The maximum atomic E-state index is 11.0. The lowest BCUT2D eigenvalue weighted by atomic mass is 9.86. The van der Waals surface area contributed by atoms with Crippen LogP contribution in [0, 0.1) is 11.3 Å². The molecule has 1 aliphatic carbocycles. The van der Waals surface area contributed by atoms with Gasteiger partial charge >= 0.3 is 5.97 Å². The van der Waals surface area contributed by atoms with Gasteiger partial charge in [0.1, 0.15) is 6.07 Å². The maximum absolute atomic E-state index is 11.0. The summed E-state index contributed by atoms with van der Waals surface area (Å²) in [6.45, 7) is 3.31. The zero-order chi connectivity index (χ0) is 9.73. The van der Waals surface area contributed by atoms with E-state index in [0.29, 0.717) is 12.8 Å². The van der Waals surface area contributed by atoms with Gasteiger partial charge in [0.05, 0.1) is 0 Å². The zero-order valence-corrected chi connectivity index (χ0v) is 7.58. The Balaban J connectivity index is 2.64. The maximum Gasteiger partial charge on any atom is 0.331 e. The Morgan fingerprint density at radius 2 is 2.08 bits per heavy atom. The van der Waals surface area contributed by atoms with Crippen molar-refractivity contribution in [2.24, 2.45) is 0 Å². The Hall–Kier alpha value is -1.30. The number of carbonyl (C=O) groups excluding carboxylic acids is 1. The summed E-state index contributed by atoms with van der Waals surface area (Å²) in [5, 5.41) is 8.92. The molecule has 0 aromatic rings. The number of esters is 1. The van der Waals surface area contributed by atoms with Crippen molar-refractivity contribution in [1.82, 2.24) is 0 Å². The molecule has 1 saturated carbocycles. The fraction of sp³-hybridized carbons (Fsp3) is 0.600. The van der Waals surface area contributed by atoms with Gasteiger partial charge in [0.2, 0.25) is 0 Å². The van der Waals surface area contributed by atoms with Gasteiger partial charge in [-0.05, 0) is 12.8 Å². The fourth-order valence-electron chi connectivity index (χ4n) is 1.59. The minimum Gasteiger partial charge on any atom is -0.440 e. The van der Waals surface area contributed by atoms with Crippen molar-refractivity contribution < 1.29 is 9.53 Å². The molecular weight excluding hydrogens is 166 g/mol. The highest BCUT2D eigenvalue weighted by atomic mass is 16.6. The van der Waals surface area contributed by atoms with Gasteiger partial charge < -0.3 is 4.74 Å². The fourth-order valence-corrected chi connectivity index (χ4v) is 1.59. The smallest absolute Gasteiger partial charge is 0.331 e. The summed E-state index contributed by atoms with van der Waals surface area (Å²) < 4.78 is 5.06. The monoisotopic (exact) mass is 179 g/mol. The minimum absolute atomic E-state index is 0.497. The van der Waals surface area contributed by atoms with Crippen molar-refractivity contribution in [1.29, 1.82) is 5.26 Å². The van der Waals surface area contributed by atoms with Gasteiger partial charge in [-0.25, -0.2) is 4.79 Å². The summed E-state index contributed by atoms with van der Waals surface area (Å²) in [7, 11) is 0. The van der Waals surface area contributed by atoms with Crippen molar-refractivity contribution in [2.45, 2.75) is 37.7 Å². The van der Waals surface area contributed by atoms with E-state index in [1.807, 2.05) is 0 Å². The number of rotatable bonds is 2. The first-order valence-electron chi connectivity index (χ1n) is 4.49. The van der Waals surface area contributed by atoms with Crippen LogP contribution in [0.3, 0.4) is 0 Å². The van der Waals surface area contributed by atoms with Gasteiger partial charge in [0.25, 0.3) is 0 Å². The van der Waals surface area contributed by atoms with Crippen molar-refractivity contribution in [3.8, 4) is 6.07 Å². The molecule has 0 aromatic carbocycles. The molecule has 13 heavy (non-hydrogen) atoms. The van der Waals surface area contributed by atoms with E-state index in [0.717, 1.165) is 25.3 Å². The van der Waals surface area contributed by atoms with Crippen LogP contribution in [0.25, 0.3) is 0 Å². The highest BCUT2D eigenvalue weighted by Crippen LogP contribution is 2.31. The van der Waals surface area contributed by atoms with E-state index < -0.39 is 11.6 Å². The van der Waals surface area contributed by atoms with Crippen LogP contribution in [0.15, 0.2) is 12.7 Å². The normalized spacial score (nSPS) is 19.9. The number of nitriles is 1. The van der Waals surface area contributed by atoms with Gasteiger partial charge in [-0.1, -0.05) is 13.0 Å². The summed E-state index contributed by atoms with van der Waals surface area (Å²) >= 11 is 0. The number of hydrogen-bond donors (Lipinski definition) is 0. The van der Waals surface area contributed by atoms with Crippen molar-refractivity contribution >= 4 is 5.97 Å². The van der Waals surface area contributed by atoms with E-state index in [4.69, 9.17) is 10.00 Å². The van der Waals surface area contributed by atoms with E-state index in [1.54, 1.807) is 0 Å². The van der Waals surface area contributed by atoms with E-state index in [1.165, 1.54) is 0 Å². The first-order valence-corrected chi connectivity index (χ1v) is 4.49. The lowest BCUT2D eigenvalue weighted by Gasteiger charge is -2.29. The first kappa shape index (κ1) is 9.79. The molecule has 70 valence electrons. The molecule has 0 aliphatic heterocycles. The van der Waals surface area contributed by atoms with E-state index in [2.05, 4.69) is 12.6 Å². The topological polar surface area (TPSA) is 50.1 Å². The second-order valence-electron chi connectivity index (χ2n) is 3.29. The molecular formula is C10H13NO2. The lowest BCUT2D eigenvalue weighted by molar-refractivity contribution is -0.150. The quantitative estimate of drug-likeness (QED) is 0.480. The summed E-state index contributed by atoms with van der Waals surface area (Å²) in [4.78, 5) is 11.0. The zero-order valence-electron chi connectivity index (χ0n) is 7.58. The summed E-state index contributed by atoms with van der Waals surface area (Å²) in [5.41, 5.74) is -0.872. The van der Waals surface area contributed by atoms with Crippen LogP contribution in [0.1, 0.15) is 32.1 Å². The largest absolute Gasteiger partial charge is 0.440 e. The molecule has 0 heterocycles. The summed E-state index contributed by atoms with van der Waals surface area (Å²) in [6, 6.07) is 2.09. The molecule has 3 nitrogen and oxygen atoms in total. The van der Waals surface area contributed by atoms with Crippen LogP contribution < -0.4 is 0 Å².